The normalized spacial score (nSPS) is 11.6. The van der Waals surface area contributed by atoms with Gasteiger partial charge in [0.05, 0.1) is 0 Å². The Bertz CT molecular complexity index is 3180. The number of thiophene rings is 1. The van der Waals surface area contributed by atoms with Crippen LogP contribution in [0.25, 0.3) is 86.3 Å². The topological polar surface area (TPSA) is 16.4 Å². The average molecular weight is 720 g/mol. The summed E-state index contributed by atoms with van der Waals surface area (Å²) in [7, 11) is 0. The molecule has 0 saturated heterocycles. The van der Waals surface area contributed by atoms with Crippen molar-refractivity contribution in [3.63, 3.8) is 0 Å². The lowest BCUT2D eigenvalue weighted by atomic mass is 9.95. The summed E-state index contributed by atoms with van der Waals surface area (Å²) in [5, 5.41) is 7.22. The van der Waals surface area contributed by atoms with Gasteiger partial charge in [-0.1, -0.05) is 146 Å². The molecule has 0 fully saturated rings. The van der Waals surface area contributed by atoms with Crippen molar-refractivity contribution < 1.29 is 4.42 Å². The molecule has 2 heterocycles. The van der Waals surface area contributed by atoms with E-state index in [0.29, 0.717) is 0 Å². The van der Waals surface area contributed by atoms with Crippen molar-refractivity contribution >= 4 is 81.3 Å². The Hall–Kier alpha value is -6.94. The van der Waals surface area contributed by atoms with Crippen molar-refractivity contribution in [2.24, 2.45) is 0 Å². The minimum atomic E-state index is 0.907. The molecule has 0 radical (unpaired) electrons. The van der Waals surface area contributed by atoms with Crippen LogP contribution < -0.4 is 4.90 Å². The second kappa shape index (κ2) is 12.9. The average Bonchev–Trinajstić information content (AvgIpc) is 3.83. The molecule has 0 saturated carbocycles. The van der Waals surface area contributed by atoms with Crippen LogP contribution in [0.15, 0.2) is 205 Å². The van der Waals surface area contributed by atoms with E-state index in [-0.39, 0.29) is 0 Å². The summed E-state index contributed by atoms with van der Waals surface area (Å²) >= 11 is 1.86. The number of furan rings is 1. The Kier molecular flexibility index (Phi) is 7.39. The SMILES string of the molecule is c1ccc(-c2cc3c4cccc(-c5ccc(N(c6ccccc6)c6ccc(-c7ccc8c(c7)sc7ccccc78)cc6)cc5)c4oc3c3ccccc23)cc1. The van der Waals surface area contributed by atoms with Gasteiger partial charge in [-0.25, -0.2) is 0 Å². The highest BCUT2D eigenvalue weighted by molar-refractivity contribution is 7.25. The monoisotopic (exact) mass is 719 g/mol. The molecule has 0 unspecified atom stereocenters. The lowest BCUT2D eigenvalue weighted by molar-refractivity contribution is 0.674. The molecule has 0 N–H and O–H groups in total. The van der Waals surface area contributed by atoms with E-state index in [1.165, 1.54) is 47.8 Å². The van der Waals surface area contributed by atoms with Crippen LogP contribution in [0.5, 0.6) is 0 Å². The molecule has 0 atom stereocenters. The minimum absolute atomic E-state index is 0.907. The maximum Gasteiger partial charge on any atom is 0.143 e. The van der Waals surface area contributed by atoms with Crippen molar-refractivity contribution in [1.29, 1.82) is 0 Å². The number of rotatable bonds is 6. The maximum atomic E-state index is 6.84. The predicted octanol–water partition coefficient (Wildman–Crippen LogP) is 15.6. The molecule has 0 aliphatic rings. The fraction of sp³-hybridized carbons (Fsp3) is 0. The Morgan fingerprint density at radius 2 is 0.855 bits per heavy atom. The summed E-state index contributed by atoms with van der Waals surface area (Å²) in [6.45, 7) is 0. The fourth-order valence-corrected chi connectivity index (χ4v) is 9.37. The van der Waals surface area contributed by atoms with Gasteiger partial charge in [-0.3, -0.25) is 0 Å². The van der Waals surface area contributed by atoms with Gasteiger partial charge in [0.2, 0.25) is 0 Å². The van der Waals surface area contributed by atoms with Gasteiger partial charge < -0.3 is 9.32 Å². The molecule has 9 aromatic carbocycles. The van der Waals surface area contributed by atoms with Gasteiger partial charge in [0.15, 0.2) is 0 Å². The van der Waals surface area contributed by atoms with Gasteiger partial charge >= 0.3 is 0 Å². The van der Waals surface area contributed by atoms with Crippen molar-refractivity contribution in [2.75, 3.05) is 4.90 Å². The molecule has 0 aliphatic heterocycles. The van der Waals surface area contributed by atoms with Crippen LogP contribution in [-0.4, -0.2) is 0 Å². The molecule has 3 heteroatoms. The van der Waals surface area contributed by atoms with Crippen molar-refractivity contribution in [2.45, 2.75) is 0 Å². The Labute approximate surface area is 322 Å². The number of hydrogen-bond donors (Lipinski definition) is 0. The van der Waals surface area contributed by atoms with Gasteiger partial charge in [0, 0.05) is 59.0 Å². The zero-order valence-electron chi connectivity index (χ0n) is 29.8. The van der Waals surface area contributed by atoms with Crippen LogP contribution in [0.2, 0.25) is 0 Å². The van der Waals surface area contributed by atoms with Crippen LogP contribution in [-0.2, 0) is 0 Å². The third kappa shape index (κ3) is 5.32. The van der Waals surface area contributed by atoms with Gasteiger partial charge in [0.1, 0.15) is 11.2 Å². The highest BCUT2D eigenvalue weighted by Crippen LogP contribution is 2.44. The first-order chi connectivity index (χ1) is 27.3. The number of para-hydroxylation sites is 2. The molecular weight excluding hydrogens is 687 g/mol. The molecule has 0 aliphatic carbocycles. The molecule has 2 nitrogen and oxygen atoms in total. The zero-order valence-corrected chi connectivity index (χ0v) is 30.6. The molecule has 2 aromatic heterocycles. The van der Waals surface area contributed by atoms with Crippen LogP contribution in [0, 0.1) is 0 Å². The van der Waals surface area contributed by atoms with E-state index >= 15 is 0 Å². The zero-order chi connectivity index (χ0) is 36.3. The third-order valence-electron chi connectivity index (χ3n) is 10.9. The highest BCUT2D eigenvalue weighted by atomic mass is 32.1. The summed E-state index contributed by atoms with van der Waals surface area (Å²) < 4.78 is 9.48. The standard InChI is InChI=1S/C52H33NOS/c1-3-12-35(13-4-1)47-33-48-46-20-11-19-41(51(46)54-52(48)45-18-8-7-16-42(45)47)36-24-29-40(30-25-36)53(38-14-5-2-6-15-38)39-27-22-34(23-28-39)37-26-31-44-43-17-9-10-21-49(43)55-50(44)32-37/h1-33H. The first-order valence-corrected chi connectivity index (χ1v) is 19.5. The number of hydrogen-bond acceptors (Lipinski definition) is 3. The van der Waals surface area contributed by atoms with Gasteiger partial charge in [0.25, 0.3) is 0 Å². The predicted molar refractivity (Wildman–Crippen MR) is 235 cm³/mol. The number of nitrogens with zero attached hydrogens (tertiary/aromatic N) is 1. The highest BCUT2D eigenvalue weighted by Gasteiger charge is 2.18. The summed E-state index contributed by atoms with van der Waals surface area (Å²) in [5.41, 5.74) is 12.2. The summed E-state index contributed by atoms with van der Waals surface area (Å²) in [5.74, 6) is 0. The second-order valence-electron chi connectivity index (χ2n) is 14.1. The molecule has 11 rings (SSSR count). The van der Waals surface area contributed by atoms with Crippen molar-refractivity contribution in [3.05, 3.63) is 200 Å². The third-order valence-corrected chi connectivity index (χ3v) is 12.0. The molecule has 55 heavy (non-hydrogen) atoms. The molecule has 258 valence electrons. The smallest absolute Gasteiger partial charge is 0.143 e. The van der Waals surface area contributed by atoms with E-state index in [1.54, 1.807) is 0 Å². The molecule has 11 aromatic rings. The first kappa shape index (κ1) is 31.6. The molecule has 0 amide bonds. The molecular formula is C52H33NOS. The second-order valence-corrected chi connectivity index (χ2v) is 15.2. The molecule has 0 spiro atoms. The van der Waals surface area contributed by atoms with Crippen molar-refractivity contribution in [3.8, 4) is 33.4 Å². The van der Waals surface area contributed by atoms with Crippen LogP contribution in [0.1, 0.15) is 0 Å². The fourth-order valence-electron chi connectivity index (χ4n) is 8.23. The Balaban J connectivity index is 0.973. The van der Waals surface area contributed by atoms with Crippen LogP contribution >= 0.6 is 11.3 Å². The number of fused-ring (bicyclic) bond motifs is 8. The van der Waals surface area contributed by atoms with E-state index in [9.17, 15) is 0 Å². The minimum Gasteiger partial charge on any atom is -0.455 e. The summed E-state index contributed by atoms with van der Waals surface area (Å²) in [4.78, 5) is 2.32. The maximum absolute atomic E-state index is 6.84. The van der Waals surface area contributed by atoms with E-state index in [1.807, 2.05) is 11.3 Å². The van der Waals surface area contributed by atoms with E-state index in [0.717, 1.165) is 55.5 Å². The quantitative estimate of drug-likeness (QED) is 0.170. The summed E-state index contributed by atoms with van der Waals surface area (Å²) in [6.07, 6.45) is 0. The Morgan fingerprint density at radius 3 is 1.62 bits per heavy atom. The largest absolute Gasteiger partial charge is 0.455 e. The van der Waals surface area contributed by atoms with Gasteiger partial charge in [-0.15, -0.1) is 11.3 Å². The van der Waals surface area contributed by atoms with Crippen molar-refractivity contribution in [1.82, 2.24) is 0 Å². The van der Waals surface area contributed by atoms with Crippen LogP contribution in [0.4, 0.5) is 17.1 Å². The van der Waals surface area contributed by atoms with Gasteiger partial charge in [-0.2, -0.15) is 0 Å². The van der Waals surface area contributed by atoms with E-state index in [4.69, 9.17) is 4.42 Å². The number of anilines is 3. The Morgan fingerprint density at radius 1 is 0.309 bits per heavy atom. The molecule has 0 bridgehead atoms. The number of benzene rings is 9. The lowest BCUT2D eigenvalue weighted by Crippen LogP contribution is -2.09. The first-order valence-electron chi connectivity index (χ1n) is 18.7. The summed E-state index contributed by atoms with van der Waals surface area (Å²) in [6, 6.07) is 71.9. The van der Waals surface area contributed by atoms with E-state index in [2.05, 4.69) is 205 Å². The van der Waals surface area contributed by atoms with Gasteiger partial charge in [-0.05, 0) is 87.8 Å². The van der Waals surface area contributed by atoms with E-state index < -0.39 is 0 Å². The lowest BCUT2D eigenvalue weighted by Gasteiger charge is -2.26. The van der Waals surface area contributed by atoms with Crippen LogP contribution in [0.3, 0.4) is 0 Å².